The van der Waals surface area contributed by atoms with Gasteiger partial charge >= 0.3 is 6.03 Å². The fraction of sp³-hybridized carbons (Fsp3) is 0.167. The topological polar surface area (TPSA) is 54.0 Å². The Morgan fingerprint density at radius 3 is 2.76 bits per heavy atom. The van der Waals surface area contributed by atoms with Crippen molar-refractivity contribution in [1.82, 2.24) is 10.3 Å². The van der Waals surface area contributed by atoms with E-state index in [9.17, 15) is 4.79 Å². The normalized spacial score (nSPS) is 9.94. The van der Waals surface area contributed by atoms with Gasteiger partial charge in [-0.25, -0.2) is 9.78 Å². The highest BCUT2D eigenvalue weighted by atomic mass is 32.1. The molecule has 0 fully saturated rings. The predicted molar refractivity (Wildman–Crippen MR) is 69.2 cm³/mol. The zero-order chi connectivity index (χ0) is 12.1. The molecule has 0 radical (unpaired) electrons. The molecular weight excluding hydrogens is 234 g/mol. The molecule has 0 aliphatic rings. The van der Waals surface area contributed by atoms with Gasteiger partial charge in [0.2, 0.25) is 0 Å². The van der Waals surface area contributed by atoms with Gasteiger partial charge in [0.15, 0.2) is 5.13 Å². The second-order valence-corrected chi connectivity index (χ2v) is 4.53. The van der Waals surface area contributed by atoms with E-state index < -0.39 is 0 Å². The summed E-state index contributed by atoms with van der Waals surface area (Å²) in [5.41, 5.74) is 2.28. The molecular formula is C12H13N3OS. The van der Waals surface area contributed by atoms with Crippen molar-refractivity contribution in [3.63, 3.8) is 0 Å². The zero-order valence-corrected chi connectivity index (χ0v) is 10.3. The van der Waals surface area contributed by atoms with Gasteiger partial charge in [-0.1, -0.05) is 29.8 Å². The number of thiazole rings is 1. The maximum atomic E-state index is 11.5. The van der Waals surface area contributed by atoms with Crippen molar-refractivity contribution in [3.05, 3.63) is 47.0 Å². The third kappa shape index (κ3) is 3.57. The number of aryl methyl sites for hydroxylation is 1. The molecule has 0 spiro atoms. The monoisotopic (exact) mass is 247 g/mol. The van der Waals surface area contributed by atoms with Crippen LogP contribution >= 0.6 is 11.3 Å². The highest BCUT2D eigenvalue weighted by Crippen LogP contribution is 2.09. The summed E-state index contributed by atoms with van der Waals surface area (Å²) in [5, 5.41) is 7.85. The van der Waals surface area contributed by atoms with Crippen molar-refractivity contribution >= 4 is 22.5 Å². The Balaban J connectivity index is 1.82. The first-order valence-electron chi connectivity index (χ1n) is 5.24. The standard InChI is InChI=1S/C12H13N3OS/c1-9-2-4-10(5-3-9)8-14-11(16)15-12-13-6-7-17-12/h2-7H,8H2,1H3,(H2,13,14,15,16). The summed E-state index contributed by atoms with van der Waals surface area (Å²) in [4.78, 5) is 15.5. The first-order chi connectivity index (χ1) is 8.24. The Morgan fingerprint density at radius 1 is 1.35 bits per heavy atom. The second-order valence-electron chi connectivity index (χ2n) is 3.63. The third-order valence-electron chi connectivity index (χ3n) is 2.23. The van der Waals surface area contributed by atoms with Gasteiger partial charge in [0, 0.05) is 18.1 Å². The molecule has 2 aromatic rings. The first kappa shape index (κ1) is 11.6. The second kappa shape index (κ2) is 5.45. The molecule has 1 heterocycles. The fourth-order valence-corrected chi connectivity index (χ4v) is 1.84. The van der Waals surface area contributed by atoms with Crippen molar-refractivity contribution in [3.8, 4) is 0 Å². The van der Waals surface area contributed by atoms with E-state index in [-0.39, 0.29) is 6.03 Å². The third-order valence-corrected chi connectivity index (χ3v) is 2.91. The number of nitrogens with one attached hydrogen (secondary N) is 2. The van der Waals surface area contributed by atoms with E-state index in [1.54, 1.807) is 6.20 Å². The minimum atomic E-state index is -0.236. The fourth-order valence-electron chi connectivity index (χ4n) is 1.31. The van der Waals surface area contributed by atoms with Crippen LogP contribution in [0.1, 0.15) is 11.1 Å². The number of nitrogens with zero attached hydrogens (tertiary/aromatic N) is 1. The summed E-state index contributed by atoms with van der Waals surface area (Å²) in [6.45, 7) is 2.55. The van der Waals surface area contributed by atoms with Crippen molar-refractivity contribution in [1.29, 1.82) is 0 Å². The molecule has 2 amide bonds. The molecule has 4 nitrogen and oxygen atoms in total. The molecule has 0 aliphatic carbocycles. The first-order valence-corrected chi connectivity index (χ1v) is 6.12. The van der Waals surface area contributed by atoms with Crippen LogP contribution in [0, 0.1) is 6.92 Å². The molecule has 0 bridgehead atoms. The van der Waals surface area contributed by atoms with Gasteiger partial charge in [-0.15, -0.1) is 11.3 Å². The Bertz CT molecular complexity index is 479. The van der Waals surface area contributed by atoms with Crippen LogP contribution in [0.4, 0.5) is 9.93 Å². The quantitative estimate of drug-likeness (QED) is 0.876. The maximum absolute atomic E-state index is 11.5. The number of anilines is 1. The Labute approximate surface area is 104 Å². The number of aromatic nitrogens is 1. The van der Waals surface area contributed by atoms with Crippen LogP contribution in [-0.4, -0.2) is 11.0 Å². The van der Waals surface area contributed by atoms with Crippen LogP contribution in [0.2, 0.25) is 0 Å². The van der Waals surface area contributed by atoms with Crippen LogP contribution in [0.15, 0.2) is 35.8 Å². The van der Waals surface area contributed by atoms with E-state index in [0.29, 0.717) is 11.7 Å². The molecule has 0 atom stereocenters. The average Bonchev–Trinajstić information content (AvgIpc) is 2.81. The van der Waals surface area contributed by atoms with Gasteiger partial charge in [-0.05, 0) is 12.5 Å². The Hall–Kier alpha value is -1.88. The van der Waals surface area contributed by atoms with Crippen LogP contribution < -0.4 is 10.6 Å². The molecule has 17 heavy (non-hydrogen) atoms. The van der Waals surface area contributed by atoms with Gasteiger partial charge in [0.1, 0.15) is 0 Å². The molecule has 0 saturated carbocycles. The number of urea groups is 1. The molecule has 1 aromatic heterocycles. The van der Waals surface area contributed by atoms with E-state index >= 15 is 0 Å². The predicted octanol–water partition coefficient (Wildman–Crippen LogP) is 2.77. The summed E-state index contributed by atoms with van der Waals surface area (Å²) in [6, 6.07) is 7.81. The van der Waals surface area contributed by atoms with Gasteiger partial charge < -0.3 is 5.32 Å². The van der Waals surface area contributed by atoms with Crippen LogP contribution in [-0.2, 0) is 6.54 Å². The van der Waals surface area contributed by atoms with Gasteiger partial charge in [-0.3, -0.25) is 5.32 Å². The van der Waals surface area contributed by atoms with Crippen LogP contribution in [0.3, 0.4) is 0 Å². The number of carbonyl (C=O) groups is 1. The lowest BCUT2D eigenvalue weighted by molar-refractivity contribution is 0.251. The minimum absolute atomic E-state index is 0.236. The summed E-state index contributed by atoms with van der Waals surface area (Å²) in [7, 11) is 0. The number of amides is 2. The summed E-state index contributed by atoms with van der Waals surface area (Å²) in [5.74, 6) is 0. The molecule has 1 aromatic carbocycles. The lowest BCUT2D eigenvalue weighted by atomic mass is 10.1. The molecule has 0 aliphatic heterocycles. The number of hydrogen-bond donors (Lipinski definition) is 2. The zero-order valence-electron chi connectivity index (χ0n) is 9.43. The molecule has 88 valence electrons. The van der Waals surface area contributed by atoms with Gasteiger partial charge in [0.05, 0.1) is 0 Å². The molecule has 0 unspecified atom stereocenters. The van der Waals surface area contributed by atoms with Crippen LogP contribution in [0.25, 0.3) is 0 Å². The van der Waals surface area contributed by atoms with E-state index in [1.807, 2.05) is 36.6 Å². The van der Waals surface area contributed by atoms with Gasteiger partial charge in [0.25, 0.3) is 0 Å². The molecule has 2 rings (SSSR count). The molecule has 0 saturated heterocycles. The van der Waals surface area contributed by atoms with E-state index in [1.165, 1.54) is 16.9 Å². The lowest BCUT2D eigenvalue weighted by Gasteiger charge is -2.05. The number of benzene rings is 1. The van der Waals surface area contributed by atoms with Crippen molar-refractivity contribution in [2.45, 2.75) is 13.5 Å². The Morgan fingerprint density at radius 2 is 2.12 bits per heavy atom. The highest BCUT2D eigenvalue weighted by Gasteiger charge is 2.02. The Kier molecular flexibility index (Phi) is 3.72. The number of hydrogen-bond acceptors (Lipinski definition) is 3. The summed E-state index contributed by atoms with van der Waals surface area (Å²) >= 11 is 1.39. The number of carbonyl (C=O) groups excluding carboxylic acids is 1. The largest absolute Gasteiger partial charge is 0.334 e. The lowest BCUT2D eigenvalue weighted by Crippen LogP contribution is -2.28. The smallest absolute Gasteiger partial charge is 0.321 e. The van der Waals surface area contributed by atoms with Crippen molar-refractivity contribution in [2.75, 3.05) is 5.32 Å². The van der Waals surface area contributed by atoms with Gasteiger partial charge in [-0.2, -0.15) is 0 Å². The molecule has 5 heteroatoms. The van der Waals surface area contributed by atoms with Crippen molar-refractivity contribution < 1.29 is 4.79 Å². The minimum Gasteiger partial charge on any atom is -0.334 e. The van der Waals surface area contributed by atoms with Crippen molar-refractivity contribution in [2.24, 2.45) is 0 Å². The van der Waals surface area contributed by atoms with E-state index in [0.717, 1.165) is 5.56 Å². The molecule has 2 N–H and O–H groups in total. The average molecular weight is 247 g/mol. The maximum Gasteiger partial charge on any atom is 0.321 e. The summed E-state index contributed by atoms with van der Waals surface area (Å²) < 4.78 is 0. The SMILES string of the molecule is Cc1ccc(CNC(=O)Nc2nccs2)cc1. The van der Waals surface area contributed by atoms with Crippen LogP contribution in [0.5, 0.6) is 0 Å². The van der Waals surface area contributed by atoms with E-state index in [4.69, 9.17) is 0 Å². The van der Waals surface area contributed by atoms with E-state index in [2.05, 4.69) is 15.6 Å². The highest BCUT2D eigenvalue weighted by molar-refractivity contribution is 7.13. The summed E-state index contributed by atoms with van der Waals surface area (Å²) in [6.07, 6.45) is 1.65. The number of rotatable bonds is 3.